The molecule has 0 spiro atoms. The summed E-state index contributed by atoms with van der Waals surface area (Å²) >= 11 is 1.42. The van der Waals surface area contributed by atoms with E-state index < -0.39 is 11.9 Å². The molecule has 162 valence electrons. The lowest BCUT2D eigenvalue weighted by Gasteiger charge is -2.31. The van der Waals surface area contributed by atoms with Gasteiger partial charge in [-0.1, -0.05) is 23.5 Å². The van der Waals surface area contributed by atoms with Crippen LogP contribution in [0.4, 0.5) is 5.13 Å². The fourth-order valence-electron chi connectivity index (χ4n) is 3.65. The van der Waals surface area contributed by atoms with Crippen molar-refractivity contribution in [3.63, 3.8) is 0 Å². The Morgan fingerprint density at radius 1 is 1.29 bits per heavy atom. The molecule has 1 atom stereocenters. The van der Waals surface area contributed by atoms with E-state index in [1.807, 2.05) is 31.2 Å². The maximum absolute atomic E-state index is 12.7. The van der Waals surface area contributed by atoms with Crippen molar-refractivity contribution in [1.29, 1.82) is 0 Å². The van der Waals surface area contributed by atoms with Crippen molar-refractivity contribution < 1.29 is 23.5 Å². The number of benzene rings is 1. The highest BCUT2D eigenvalue weighted by molar-refractivity contribution is 7.22. The van der Waals surface area contributed by atoms with Gasteiger partial charge in [0.15, 0.2) is 11.7 Å². The molecule has 1 aromatic carbocycles. The Bertz CT molecular complexity index is 1040. The van der Waals surface area contributed by atoms with E-state index in [2.05, 4.69) is 4.98 Å². The molecule has 4 rings (SSSR count). The Morgan fingerprint density at radius 3 is 2.87 bits per heavy atom. The predicted octanol–water partition coefficient (Wildman–Crippen LogP) is 3.34. The van der Waals surface area contributed by atoms with E-state index in [1.165, 1.54) is 28.8 Å². The molecule has 2 aromatic heterocycles. The fraction of sp³-hybridized carbons (Fsp3) is 0.364. The van der Waals surface area contributed by atoms with E-state index >= 15 is 0 Å². The van der Waals surface area contributed by atoms with Crippen molar-refractivity contribution in [3.8, 4) is 0 Å². The summed E-state index contributed by atoms with van der Waals surface area (Å²) in [5.41, 5.74) is 1.29. The second-order valence-corrected chi connectivity index (χ2v) is 8.32. The van der Waals surface area contributed by atoms with Gasteiger partial charge in [-0.2, -0.15) is 0 Å². The first kappa shape index (κ1) is 21.0. The lowest BCUT2D eigenvalue weighted by Crippen LogP contribution is -2.43. The molecule has 3 aromatic rings. The molecule has 1 unspecified atom stereocenters. The number of likely N-dealkylation sites (tertiary alicyclic amines) is 1. The van der Waals surface area contributed by atoms with Crippen molar-refractivity contribution >= 4 is 44.5 Å². The number of para-hydroxylation sites is 1. The molecule has 2 amide bonds. The monoisotopic (exact) mass is 441 g/mol. The Balaban J connectivity index is 1.34. The summed E-state index contributed by atoms with van der Waals surface area (Å²) in [7, 11) is 0. The van der Waals surface area contributed by atoms with E-state index in [0.717, 1.165) is 10.2 Å². The number of carbonyl (C=O) groups is 3. The summed E-state index contributed by atoms with van der Waals surface area (Å²) in [5, 5.41) is 0.583. The molecule has 31 heavy (non-hydrogen) atoms. The highest BCUT2D eigenvalue weighted by atomic mass is 32.1. The fourth-order valence-corrected chi connectivity index (χ4v) is 4.69. The lowest BCUT2D eigenvalue weighted by molar-refractivity contribution is -0.153. The van der Waals surface area contributed by atoms with Crippen LogP contribution in [0.5, 0.6) is 0 Å². The number of ether oxygens (including phenoxy) is 1. The average Bonchev–Trinajstić information content (AvgIpc) is 3.47. The van der Waals surface area contributed by atoms with Gasteiger partial charge < -0.3 is 14.1 Å². The highest BCUT2D eigenvalue weighted by Crippen LogP contribution is 2.28. The van der Waals surface area contributed by atoms with E-state index in [-0.39, 0.29) is 25.0 Å². The van der Waals surface area contributed by atoms with Gasteiger partial charge >= 0.3 is 5.97 Å². The van der Waals surface area contributed by atoms with Crippen molar-refractivity contribution in [3.05, 3.63) is 48.4 Å². The molecule has 9 heteroatoms. The number of hydrogen-bond donors (Lipinski definition) is 0. The first-order chi connectivity index (χ1) is 15.1. The maximum Gasteiger partial charge on any atom is 0.311 e. The zero-order chi connectivity index (χ0) is 21.8. The average molecular weight is 442 g/mol. The Kier molecular flexibility index (Phi) is 6.31. The number of aromatic nitrogens is 1. The summed E-state index contributed by atoms with van der Waals surface area (Å²) in [5.74, 6) is -1.40. The van der Waals surface area contributed by atoms with Crippen molar-refractivity contribution in [1.82, 2.24) is 9.88 Å². The standard InChI is InChI=1S/C22H23N3O5S/c1-2-25(22-23-17-7-3-4-8-18(17)31-22)19(26)14-30-21(28)15-6-5-10-24(12-15)20(27)16-9-11-29-13-16/h3-4,7-9,11,13,15H,2,5-6,10,12,14H2,1H3. The first-order valence-electron chi connectivity index (χ1n) is 10.2. The van der Waals surface area contributed by atoms with Crippen molar-refractivity contribution in [2.45, 2.75) is 19.8 Å². The largest absolute Gasteiger partial charge is 0.472 e. The van der Waals surface area contributed by atoms with Crippen molar-refractivity contribution in [2.75, 3.05) is 31.1 Å². The SMILES string of the molecule is CCN(C(=O)COC(=O)C1CCCN(C(=O)c2ccoc2)C1)c1nc2ccccc2s1. The van der Waals surface area contributed by atoms with Gasteiger partial charge in [0.2, 0.25) is 0 Å². The van der Waals surface area contributed by atoms with E-state index in [1.54, 1.807) is 11.0 Å². The quantitative estimate of drug-likeness (QED) is 0.545. The maximum atomic E-state index is 12.7. The van der Waals surface area contributed by atoms with Crippen LogP contribution in [0.3, 0.4) is 0 Å². The minimum atomic E-state index is -0.460. The molecule has 1 aliphatic rings. The van der Waals surface area contributed by atoms with E-state index in [0.29, 0.717) is 36.6 Å². The zero-order valence-electron chi connectivity index (χ0n) is 17.2. The van der Waals surface area contributed by atoms with Crippen LogP contribution >= 0.6 is 11.3 Å². The lowest BCUT2D eigenvalue weighted by atomic mass is 9.98. The van der Waals surface area contributed by atoms with Gasteiger partial charge in [0.05, 0.1) is 28.0 Å². The molecule has 3 heterocycles. The van der Waals surface area contributed by atoms with Gasteiger partial charge in [-0.05, 0) is 38.0 Å². The number of piperidine rings is 1. The summed E-state index contributed by atoms with van der Waals surface area (Å²) in [6, 6.07) is 9.28. The summed E-state index contributed by atoms with van der Waals surface area (Å²) in [6.45, 7) is 2.77. The predicted molar refractivity (Wildman–Crippen MR) is 116 cm³/mol. The number of anilines is 1. The zero-order valence-corrected chi connectivity index (χ0v) is 18.0. The Morgan fingerprint density at radius 2 is 2.13 bits per heavy atom. The Labute approximate surface area is 183 Å². The molecule has 0 bridgehead atoms. The van der Waals surface area contributed by atoms with Crippen LogP contribution in [0, 0.1) is 5.92 Å². The number of likely N-dealkylation sites (N-methyl/N-ethyl adjacent to an activating group) is 1. The van der Waals surface area contributed by atoms with Crippen molar-refractivity contribution in [2.24, 2.45) is 5.92 Å². The molecule has 0 radical (unpaired) electrons. The normalized spacial score (nSPS) is 16.3. The number of nitrogens with zero attached hydrogens (tertiary/aromatic N) is 3. The molecule has 8 nitrogen and oxygen atoms in total. The van der Waals surface area contributed by atoms with Gasteiger partial charge in [-0.15, -0.1) is 0 Å². The van der Waals surface area contributed by atoms with Crippen LogP contribution in [-0.2, 0) is 14.3 Å². The third kappa shape index (κ3) is 4.61. The molecule has 1 saturated heterocycles. The van der Waals surface area contributed by atoms with Crippen LogP contribution in [-0.4, -0.2) is 53.9 Å². The van der Waals surface area contributed by atoms with Crippen LogP contribution < -0.4 is 4.90 Å². The number of rotatable bonds is 6. The minimum absolute atomic E-state index is 0.171. The van der Waals surface area contributed by atoms with Gasteiger partial charge in [-0.25, -0.2) is 4.98 Å². The smallest absolute Gasteiger partial charge is 0.311 e. The van der Waals surface area contributed by atoms with Gasteiger partial charge in [0.25, 0.3) is 11.8 Å². The number of furan rings is 1. The number of amides is 2. The van der Waals surface area contributed by atoms with Crippen LogP contribution in [0.15, 0.2) is 47.3 Å². The van der Waals surface area contributed by atoms with Gasteiger partial charge in [0.1, 0.15) is 6.26 Å². The second-order valence-electron chi connectivity index (χ2n) is 7.31. The van der Waals surface area contributed by atoms with E-state index in [4.69, 9.17) is 9.15 Å². The second kappa shape index (κ2) is 9.30. The Hall–Kier alpha value is -3.20. The number of fused-ring (bicyclic) bond motifs is 1. The molecule has 0 aliphatic carbocycles. The third-order valence-corrected chi connectivity index (χ3v) is 6.34. The highest BCUT2D eigenvalue weighted by Gasteiger charge is 2.31. The van der Waals surface area contributed by atoms with E-state index in [9.17, 15) is 14.4 Å². The summed E-state index contributed by atoms with van der Waals surface area (Å²) in [6.07, 6.45) is 4.16. The molecule has 0 saturated carbocycles. The molecular weight excluding hydrogens is 418 g/mol. The van der Waals surface area contributed by atoms with Gasteiger partial charge in [0, 0.05) is 19.6 Å². The molecule has 1 fully saturated rings. The first-order valence-corrected chi connectivity index (χ1v) is 11.0. The molecule has 0 N–H and O–H groups in total. The summed E-state index contributed by atoms with van der Waals surface area (Å²) in [4.78, 5) is 45.4. The topological polar surface area (TPSA) is 93.0 Å². The summed E-state index contributed by atoms with van der Waals surface area (Å²) < 4.78 is 11.3. The molecular formula is C22H23N3O5S. The van der Waals surface area contributed by atoms with Crippen LogP contribution in [0.2, 0.25) is 0 Å². The number of hydrogen-bond acceptors (Lipinski definition) is 7. The van der Waals surface area contributed by atoms with Crippen LogP contribution in [0.25, 0.3) is 10.2 Å². The number of thiazole rings is 1. The number of esters is 1. The molecule has 1 aliphatic heterocycles. The third-order valence-electron chi connectivity index (χ3n) is 5.28. The minimum Gasteiger partial charge on any atom is -0.472 e. The van der Waals surface area contributed by atoms with Crippen LogP contribution in [0.1, 0.15) is 30.1 Å². The number of carbonyl (C=O) groups excluding carboxylic acids is 3. The van der Waals surface area contributed by atoms with Gasteiger partial charge in [-0.3, -0.25) is 19.3 Å².